The predicted molar refractivity (Wildman–Crippen MR) is 79.3 cm³/mol. The maximum Gasteiger partial charge on any atom is 0.326 e. The standard InChI is InChI=1S/C14H27N3O4/c1-4-11-10-16(2)7-5-8-17(11)14(20)15-12(13(18)19)6-9-21-3/h11-12H,4-10H2,1-3H3,(H,15,20)(H,18,19). The summed E-state index contributed by atoms with van der Waals surface area (Å²) in [5.74, 6) is -1.03. The second-order valence-corrected chi connectivity index (χ2v) is 5.49. The number of carbonyl (C=O) groups excluding carboxylic acids is 1. The summed E-state index contributed by atoms with van der Waals surface area (Å²) in [6, 6.07) is -1.08. The number of urea groups is 1. The molecule has 0 aromatic heterocycles. The molecule has 2 unspecified atom stereocenters. The van der Waals surface area contributed by atoms with Crippen LogP contribution >= 0.6 is 0 Å². The van der Waals surface area contributed by atoms with Crippen molar-refractivity contribution in [2.24, 2.45) is 0 Å². The van der Waals surface area contributed by atoms with E-state index in [1.807, 2.05) is 14.0 Å². The normalized spacial score (nSPS) is 21.7. The van der Waals surface area contributed by atoms with Crippen molar-refractivity contribution >= 4 is 12.0 Å². The molecule has 0 aromatic carbocycles. The van der Waals surface area contributed by atoms with E-state index in [1.54, 1.807) is 4.90 Å². The zero-order chi connectivity index (χ0) is 15.8. The van der Waals surface area contributed by atoms with Crippen molar-refractivity contribution in [3.63, 3.8) is 0 Å². The molecule has 2 amide bonds. The summed E-state index contributed by atoms with van der Waals surface area (Å²) in [7, 11) is 3.56. The molecule has 122 valence electrons. The van der Waals surface area contributed by atoms with Crippen LogP contribution in [0.25, 0.3) is 0 Å². The van der Waals surface area contributed by atoms with Gasteiger partial charge in [0.2, 0.25) is 0 Å². The number of amides is 2. The highest BCUT2D eigenvalue weighted by Crippen LogP contribution is 2.12. The van der Waals surface area contributed by atoms with Gasteiger partial charge in [-0.3, -0.25) is 0 Å². The summed E-state index contributed by atoms with van der Waals surface area (Å²) in [6.07, 6.45) is 2.02. The molecule has 0 spiro atoms. The van der Waals surface area contributed by atoms with Crippen molar-refractivity contribution in [2.45, 2.75) is 38.3 Å². The van der Waals surface area contributed by atoms with E-state index in [0.717, 1.165) is 25.9 Å². The Balaban J connectivity index is 2.67. The highest BCUT2D eigenvalue weighted by atomic mass is 16.5. The van der Waals surface area contributed by atoms with Gasteiger partial charge in [-0.05, 0) is 26.4 Å². The molecule has 1 aliphatic rings. The van der Waals surface area contributed by atoms with E-state index in [2.05, 4.69) is 10.2 Å². The van der Waals surface area contributed by atoms with E-state index in [9.17, 15) is 14.7 Å². The van der Waals surface area contributed by atoms with Crippen molar-refractivity contribution in [1.82, 2.24) is 15.1 Å². The lowest BCUT2D eigenvalue weighted by atomic mass is 10.2. The van der Waals surface area contributed by atoms with Crippen molar-refractivity contribution in [2.75, 3.05) is 40.4 Å². The van der Waals surface area contributed by atoms with Gasteiger partial charge in [0.1, 0.15) is 6.04 Å². The predicted octanol–water partition coefficient (Wildman–Crippen LogP) is 0.602. The molecular formula is C14H27N3O4. The first-order chi connectivity index (χ1) is 9.99. The average molecular weight is 301 g/mol. The number of methoxy groups -OCH3 is 1. The van der Waals surface area contributed by atoms with Gasteiger partial charge in [-0.15, -0.1) is 0 Å². The second kappa shape index (κ2) is 8.84. The number of carboxylic acid groups (broad SMARTS) is 1. The first-order valence-corrected chi connectivity index (χ1v) is 7.47. The van der Waals surface area contributed by atoms with Crippen molar-refractivity contribution in [1.29, 1.82) is 0 Å². The Hall–Kier alpha value is -1.34. The highest BCUT2D eigenvalue weighted by molar-refractivity contribution is 5.82. The molecule has 0 radical (unpaired) electrons. The molecular weight excluding hydrogens is 274 g/mol. The van der Waals surface area contributed by atoms with Crippen LogP contribution in [0.4, 0.5) is 4.79 Å². The number of nitrogens with zero attached hydrogens (tertiary/aromatic N) is 2. The van der Waals surface area contributed by atoms with Crippen LogP contribution in [0.5, 0.6) is 0 Å². The van der Waals surface area contributed by atoms with Gasteiger partial charge in [0.05, 0.1) is 0 Å². The minimum absolute atomic E-state index is 0.120. The third kappa shape index (κ3) is 5.51. The molecule has 1 aliphatic heterocycles. The number of likely N-dealkylation sites (N-methyl/N-ethyl adjacent to an activating group) is 1. The van der Waals surface area contributed by atoms with E-state index >= 15 is 0 Å². The lowest BCUT2D eigenvalue weighted by Crippen LogP contribution is -2.52. The smallest absolute Gasteiger partial charge is 0.326 e. The van der Waals surface area contributed by atoms with Gasteiger partial charge in [0, 0.05) is 39.3 Å². The van der Waals surface area contributed by atoms with Crippen LogP contribution in [0.1, 0.15) is 26.2 Å². The fourth-order valence-corrected chi connectivity index (χ4v) is 2.59. The average Bonchev–Trinajstić information content (AvgIpc) is 2.64. The molecule has 7 nitrogen and oxygen atoms in total. The Morgan fingerprint density at radius 2 is 2.14 bits per heavy atom. The summed E-state index contributed by atoms with van der Waals surface area (Å²) in [6.45, 7) is 4.78. The fourth-order valence-electron chi connectivity index (χ4n) is 2.59. The number of aliphatic carboxylic acids is 1. The summed E-state index contributed by atoms with van der Waals surface area (Å²) in [5, 5.41) is 11.8. The van der Waals surface area contributed by atoms with Gasteiger partial charge in [0.15, 0.2) is 0 Å². The van der Waals surface area contributed by atoms with Gasteiger partial charge in [0.25, 0.3) is 0 Å². The number of nitrogens with one attached hydrogen (secondary N) is 1. The van der Waals surface area contributed by atoms with Crippen LogP contribution in [0.2, 0.25) is 0 Å². The Labute approximate surface area is 126 Å². The molecule has 0 bridgehead atoms. The van der Waals surface area contributed by atoms with Crippen molar-refractivity contribution in [3.8, 4) is 0 Å². The van der Waals surface area contributed by atoms with Crippen LogP contribution in [0.3, 0.4) is 0 Å². The third-order valence-corrected chi connectivity index (χ3v) is 3.84. The van der Waals surface area contributed by atoms with Crippen molar-refractivity contribution in [3.05, 3.63) is 0 Å². The molecule has 1 fully saturated rings. The number of carboxylic acids is 1. The Morgan fingerprint density at radius 1 is 1.43 bits per heavy atom. The molecule has 0 aromatic rings. The first kappa shape index (κ1) is 17.7. The van der Waals surface area contributed by atoms with Gasteiger partial charge in [-0.1, -0.05) is 6.92 Å². The molecule has 1 saturated heterocycles. The van der Waals surface area contributed by atoms with Gasteiger partial charge < -0.3 is 25.0 Å². The number of hydrogen-bond acceptors (Lipinski definition) is 4. The van der Waals surface area contributed by atoms with Crippen LogP contribution in [-0.4, -0.2) is 79.4 Å². The molecule has 21 heavy (non-hydrogen) atoms. The van der Waals surface area contributed by atoms with Crippen LogP contribution in [0.15, 0.2) is 0 Å². The lowest BCUT2D eigenvalue weighted by molar-refractivity contribution is -0.139. The fraction of sp³-hybridized carbons (Fsp3) is 0.857. The molecule has 2 atom stereocenters. The maximum atomic E-state index is 12.4. The first-order valence-electron chi connectivity index (χ1n) is 7.47. The lowest BCUT2D eigenvalue weighted by Gasteiger charge is -2.31. The Morgan fingerprint density at radius 3 is 2.71 bits per heavy atom. The monoisotopic (exact) mass is 301 g/mol. The third-order valence-electron chi connectivity index (χ3n) is 3.84. The highest BCUT2D eigenvalue weighted by Gasteiger charge is 2.29. The summed E-state index contributed by atoms with van der Waals surface area (Å²) < 4.78 is 4.89. The number of hydrogen-bond donors (Lipinski definition) is 2. The van der Waals surface area contributed by atoms with E-state index < -0.39 is 12.0 Å². The summed E-state index contributed by atoms with van der Waals surface area (Å²) in [4.78, 5) is 27.6. The van der Waals surface area contributed by atoms with Crippen molar-refractivity contribution < 1.29 is 19.4 Å². The number of rotatable bonds is 6. The molecule has 1 rings (SSSR count). The Kier molecular flexibility index (Phi) is 7.45. The minimum Gasteiger partial charge on any atom is -0.480 e. The summed E-state index contributed by atoms with van der Waals surface area (Å²) >= 11 is 0. The second-order valence-electron chi connectivity index (χ2n) is 5.49. The van der Waals surface area contributed by atoms with Crippen LogP contribution < -0.4 is 5.32 Å². The number of ether oxygens (including phenoxy) is 1. The molecule has 0 aliphatic carbocycles. The molecule has 0 saturated carbocycles. The van der Waals surface area contributed by atoms with E-state index in [-0.39, 0.29) is 18.5 Å². The SMILES string of the molecule is CCC1CN(C)CCCN1C(=O)NC(CCOC)C(=O)O. The van der Waals surface area contributed by atoms with E-state index in [4.69, 9.17) is 4.74 Å². The van der Waals surface area contributed by atoms with E-state index in [0.29, 0.717) is 13.2 Å². The zero-order valence-electron chi connectivity index (χ0n) is 13.2. The minimum atomic E-state index is -1.03. The Bertz CT molecular complexity index is 351. The number of carbonyl (C=O) groups is 2. The van der Waals surface area contributed by atoms with Crippen LogP contribution in [-0.2, 0) is 9.53 Å². The van der Waals surface area contributed by atoms with Gasteiger partial charge in [-0.25, -0.2) is 9.59 Å². The molecule has 1 heterocycles. The van der Waals surface area contributed by atoms with Gasteiger partial charge in [-0.2, -0.15) is 0 Å². The topological polar surface area (TPSA) is 82.1 Å². The van der Waals surface area contributed by atoms with E-state index in [1.165, 1.54) is 7.11 Å². The largest absolute Gasteiger partial charge is 0.480 e. The molecule has 2 N–H and O–H groups in total. The molecule has 7 heteroatoms. The quantitative estimate of drug-likeness (QED) is 0.751. The maximum absolute atomic E-state index is 12.4. The summed E-state index contributed by atoms with van der Waals surface area (Å²) in [5.41, 5.74) is 0. The zero-order valence-corrected chi connectivity index (χ0v) is 13.2. The van der Waals surface area contributed by atoms with Crippen LogP contribution in [0, 0.1) is 0 Å². The van der Waals surface area contributed by atoms with Gasteiger partial charge >= 0.3 is 12.0 Å².